The fourth-order valence-corrected chi connectivity index (χ4v) is 3.71. The van der Waals surface area contributed by atoms with Crippen molar-refractivity contribution in [3.8, 4) is 0 Å². The van der Waals surface area contributed by atoms with E-state index in [1.807, 2.05) is 24.4 Å². The molecule has 1 aliphatic carbocycles. The maximum absolute atomic E-state index is 12.8. The van der Waals surface area contributed by atoms with Crippen LogP contribution in [-0.2, 0) is 4.79 Å². The van der Waals surface area contributed by atoms with E-state index in [-0.39, 0.29) is 17.8 Å². The molecule has 0 aromatic carbocycles. The van der Waals surface area contributed by atoms with E-state index in [4.69, 9.17) is 10.9 Å². The van der Waals surface area contributed by atoms with Gasteiger partial charge in [0.25, 0.3) is 0 Å². The van der Waals surface area contributed by atoms with E-state index in [2.05, 4.69) is 10.5 Å². The first kappa shape index (κ1) is 15.8. The third-order valence-corrected chi connectivity index (χ3v) is 5.36. The Morgan fingerprint density at radius 2 is 2.10 bits per heavy atom. The standard InChI is InChI=1S/C15H23N3O2S/c1-11(12-7-6-10-21-12)17-14(19)15(13(16)18-20)8-4-2-3-5-9-15/h6-7,10-11,20H,2-5,8-9H2,1H3,(H2,16,18)(H,17,19). The first-order valence-electron chi connectivity index (χ1n) is 7.42. The third-order valence-electron chi connectivity index (χ3n) is 4.31. The molecule has 0 radical (unpaired) electrons. The van der Waals surface area contributed by atoms with E-state index in [0.29, 0.717) is 12.8 Å². The van der Waals surface area contributed by atoms with Crippen molar-refractivity contribution < 1.29 is 10.0 Å². The zero-order chi connectivity index (χ0) is 15.3. The molecule has 0 bridgehead atoms. The van der Waals surface area contributed by atoms with Crippen LogP contribution in [0.25, 0.3) is 0 Å². The molecule has 4 N–H and O–H groups in total. The molecule has 1 unspecified atom stereocenters. The molecular formula is C15H23N3O2S. The normalized spacial score (nSPS) is 20.5. The third kappa shape index (κ3) is 3.37. The number of oxime groups is 1. The van der Waals surface area contributed by atoms with Crippen LogP contribution in [0.2, 0.25) is 0 Å². The zero-order valence-electron chi connectivity index (χ0n) is 12.3. The molecule has 116 valence electrons. The molecule has 1 aromatic rings. The van der Waals surface area contributed by atoms with Gasteiger partial charge in [0.05, 0.1) is 6.04 Å². The molecule has 0 spiro atoms. The molecule has 0 saturated heterocycles. The van der Waals surface area contributed by atoms with Gasteiger partial charge in [0.15, 0.2) is 5.84 Å². The second kappa shape index (κ2) is 6.93. The number of thiophene rings is 1. The van der Waals surface area contributed by atoms with E-state index in [1.54, 1.807) is 11.3 Å². The second-order valence-electron chi connectivity index (χ2n) is 5.69. The Labute approximate surface area is 129 Å². The molecule has 6 heteroatoms. The van der Waals surface area contributed by atoms with E-state index >= 15 is 0 Å². The number of nitrogens with one attached hydrogen (secondary N) is 1. The molecule has 5 nitrogen and oxygen atoms in total. The Bertz CT molecular complexity index is 491. The molecule has 1 fully saturated rings. The van der Waals surface area contributed by atoms with Crippen molar-refractivity contribution >= 4 is 23.1 Å². The van der Waals surface area contributed by atoms with Gasteiger partial charge in [0.2, 0.25) is 5.91 Å². The first-order valence-corrected chi connectivity index (χ1v) is 8.30. The number of nitrogens with zero attached hydrogens (tertiary/aromatic N) is 1. The van der Waals surface area contributed by atoms with Gasteiger partial charge in [-0.05, 0) is 31.2 Å². The van der Waals surface area contributed by atoms with Crippen molar-refractivity contribution in [1.82, 2.24) is 5.32 Å². The van der Waals surface area contributed by atoms with Crippen molar-refractivity contribution in [3.63, 3.8) is 0 Å². The number of hydrogen-bond acceptors (Lipinski definition) is 4. The summed E-state index contributed by atoms with van der Waals surface area (Å²) < 4.78 is 0. The van der Waals surface area contributed by atoms with Gasteiger partial charge >= 0.3 is 0 Å². The van der Waals surface area contributed by atoms with Gasteiger partial charge in [0, 0.05) is 4.88 Å². The Morgan fingerprint density at radius 1 is 1.43 bits per heavy atom. The lowest BCUT2D eigenvalue weighted by molar-refractivity contribution is -0.129. The average Bonchev–Trinajstić information content (AvgIpc) is 2.91. The predicted octanol–water partition coefficient (Wildman–Crippen LogP) is 3.01. The van der Waals surface area contributed by atoms with Gasteiger partial charge in [-0.2, -0.15) is 0 Å². The summed E-state index contributed by atoms with van der Waals surface area (Å²) in [5.41, 5.74) is 5.02. The molecule has 1 amide bonds. The largest absolute Gasteiger partial charge is 0.409 e. The highest BCUT2D eigenvalue weighted by Gasteiger charge is 2.43. The molecule has 21 heavy (non-hydrogen) atoms. The van der Waals surface area contributed by atoms with Crippen LogP contribution in [0.3, 0.4) is 0 Å². The highest BCUT2D eigenvalue weighted by molar-refractivity contribution is 7.10. The van der Waals surface area contributed by atoms with Gasteiger partial charge in [0.1, 0.15) is 5.41 Å². The van der Waals surface area contributed by atoms with Crippen LogP contribution >= 0.6 is 11.3 Å². The molecule has 1 aliphatic rings. The van der Waals surface area contributed by atoms with Crippen LogP contribution in [0.4, 0.5) is 0 Å². The van der Waals surface area contributed by atoms with Gasteiger partial charge in [-0.25, -0.2) is 0 Å². The number of hydrogen-bond donors (Lipinski definition) is 3. The van der Waals surface area contributed by atoms with Crippen molar-refractivity contribution in [3.05, 3.63) is 22.4 Å². The summed E-state index contributed by atoms with van der Waals surface area (Å²) in [6.45, 7) is 1.96. The van der Waals surface area contributed by atoms with Crippen LogP contribution < -0.4 is 11.1 Å². The Morgan fingerprint density at radius 3 is 2.62 bits per heavy atom. The minimum atomic E-state index is -0.864. The predicted molar refractivity (Wildman–Crippen MR) is 84.4 cm³/mol. The highest BCUT2D eigenvalue weighted by atomic mass is 32.1. The lowest BCUT2D eigenvalue weighted by Crippen LogP contribution is -2.50. The molecular weight excluding hydrogens is 286 g/mol. The summed E-state index contributed by atoms with van der Waals surface area (Å²) in [5.74, 6) is -0.0825. The quantitative estimate of drug-likeness (QED) is 0.263. The van der Waals surface area contributed by atoms with Gasteiger partial charge in [-0.3, -0.25) is 4.79 Å². The summed E-state index contributed by atoms with van der Waals surface area (Å²) in [4.78, 5) is 13.9. The van der Waals surface area contributed by atoms with Crippen molar-refractivity contribution in [2.45, 2.75) is 51.5 Å². The fraction of sp³-hybridized carbons (Fsp3) is 0.600. The monoisotopic (exact) mass is 309 g/mol. The van der Waals surface area contributed by atoms with E-state index in [1.165, 1.54) is 0 Å². The number of carbonyl (C=O) groups excluding carboxylic acids is 1. The summed E-state index contributed by atoms with van der Waals surface area (Å²) in [7, 11) is 0. The number of nitrogens with two attached hydrogens (primary N) is 1. The Balaban J connectivity index is 2.18. The minimum absolute atomic E-state index is 0.0419. The molecule has 1 heterocycles. The first-order chi connectivity index (χ1) is 10.1. The number of amides is 1. The minimum Gasteiger partial charge on any atom is -0.409 e. The van der Waals surface area contributed by atoms with E-state index < -0.39 is 5.41 Å². The fourth-order valence-electron chi connectivity index (χ4n) is 2.97. The van der Waals surface area contributed by atoms with Gasteiger partial charge in [-0.1, -0.05) is 36.9 Å². The SMILES string of the molecule is CC(NC(=O)C1(C(N)=NO)CCCCCC1)c1cccs1. The lowest BCUT2D eigenvalue weighted by Gasteiger charge is -2.31. The smallest absolute Gasteiger partial charge is 0.234 e. The molecule has 2 rings (SSSR count). The summed E-state index contributed by atoms with van der Waals surface area (Å²) in [6.07, 6.45) is 5.33. The van der Waals surface area contributed by atoms with Crippen LogP contribution in [0.15, 0.2) is 22.7 Å². The van der Waals surface area contributed by atoms with E-state index in [9.17, 15) is 4.79 Å². The molecule has 1 aromatic heterocycles. The van der Waals surface area contributed by atoms with E-state index in [0.717, 1.165) is 30.6 Å². The van der Waals surface area contributed by atoms with Crippen molar-refractivity contribution in [2.24, 2.45) is 16.3 Å². The summed E-state index contributed by atoms with van der Waals surface area (Å²) >= 11 is 1.61. The topological polar surface area (TPSA) is 87.7 Å². The zero-order valence-corrected chi connectivity index (χ0v) is 13.2. The Hall–Kier alpha value is -1.56. The molecule has 0 aliphatic heterocycles. The highest BCUT2D eigenvalue weighted by Crippen LogP contribution is 2.36. The molecule has 1 saturated carbocycles. The van der Waals surface area contributed by atoms with Crippen molar-refractivity contribution in [2.75, 3.05) is 0 Å². The number of amidine groups is 1. The average molecular weight is 309 g/mol. The lowest BCUT2D eigenvalue weighted by atomic mass is 9.78. The Kier molecular flexibility index (Phi) is 5.22. The maximum atomic E-state index is 12.8. The summed E-state index contributed by atoms with van der Waals surface area (Å²) in [6, 6.07) is 3.90. The van der Waals surface area contributed by atoms with Crippen LogP contribution in [0.1, 0.15) is 56.4 Å². The van der Waals surface area contributed by atoms with Gasteiger partial charge in [-0.15, -0.1) is 11.3 Å². The second-order valence-corrected chi connectivity index (χ2v) is 6.67. The number of carbonyl (C=O) groups is 1. The maximum Gasteiger partial charge on any atom is 0.234 e. The molecule has 1 atom stereocenters. The van der Waals surface area contributed by atoms with Crippen LogP contribution in [-0.4, -0.2) is 17.0 Å². The summed E-state index contributed by atoms with van der Waals surface area (Å²) in [5, 5.41) is 17.3. The van der Waals surface area contributed by atoms with Crippen LogP contribution in [0, 0.1) is 5.41 Å². The van der Waals surface area contributed by atoms with Crippen molar-refractivity contribution in [1.29, 1.82) is 0 Å². The van der Waals surface area contributed by atoms with Gasteiger partial charge < -0.3 is 16.3 Å². The number of rotatable bonds is 4. The van der Waals surface area contributed by atoms with Crippen LogP contribution in [0.5, 0.6) is 0 Å².